The molecule has 0 aliphatic rings. The van der Waals surface area contributed by atoms with Gasteiger partial charge in [-0.1, -0.05) is 0 Å². The van der Waals surface area contributed by atoms with Crippen LogP contribution in [0.1, 0.15) is 18.2 Å². The van der Waals surface area contributed by atoms with Gasteiger partial charge in [0.05, 0.1) is 25.1 Å². The van der Waals surface area contributed by atoms with Crippen LogP contribution in [0.15, 0.2) is 58.7 Å². The molecule has 6 N–H and O–H groups in total. The summed E-state index contributed by atoms with van der Waals surface area (Å²) in [7, 11) is 1.43. The quantitative estimate of drug-likeness (QED) is 0.219. The van der Waals surface area contributed by atoms with Gasteiger partial charge < -0.3 is 35.8 Å². The van der Waals surface area contributed by atoms with E-state index in [2.05, 4.69) is 10.3 Å². The Bertz CT molecular complexity index is 881. The molecule has 8 heteroatoms. The Balaban J connectivity index is 2.33. The summed E-state index contributed by atoms with van der Waals surface area (Å²) in [5.41, 5.74) is 7.74. The van der Waals surface area contributed by atoms with E-state index < -0.39 is 0 Å². The first kappa shape index (κ1) is 18.7. The molecule has 8 nitrogen and oxygen atoms in total. The number of aromatic nitrogens is 1. The summed E-state index contributed by atoms with van der Waals surface area (Å²) >= 11 is 0. The molecule has 0 amide bonds. The molecule has 26 heavy (non-hydrogen) atoms. The Morgan fingerprint density at radius 2 is 2.19 bits per heavy atom. The number of aliphatic hydroxyl groups excluding tert-OH is 2. The van der Waals surface area contributed by atoms with Gasteiger partial charge in [0.1, 0.15) is 5.76 Å². The molecule has 136 valence electrons. The van der Waals surface area contributed by atoms with Crippen molar-refractivity contribution in [1.29, 1.82) is 5.41 Å². The number of nitrogens with zero attached hydrogens (tertiary/aromatic N) is 1. The molecule has 0 aliphatic heterocycles. The van der Waals surface area contributed by atoms with Crippen molar-refractivity contribution in [2.45, 2.75) is 6.92 Å². The van der Waals surface area contributed by atoms with Crippen LogP contribution in [0.4, 0.5) is 17.4 Å². The Morgan fingerprint density at radius 1 is 1.42 bits per heavy atom. The fourth-order valence-corrected chi connectivity index (χ4v) is 2.06. The summed E-state index contributed by atoms with van der Waals surface area (Å²) in [5, 5.41) is 29.4. The Hall–Kier alpha value is -3.68. The molecule has 0 fully saturated rings. The highest BCUT2D eigenvalue weighted by atomic mass is 16.5. The van der Waals surface area contributed by atoms with E-state index in [-0.39, 0.29) is 28.9 Å². The number of nitrogens with one attached hydrogen (secondary N) is 2. The van der Waals surface area contributed by atoms with Gasteiger partial charge in [0.2, 0.25) is 0 Å². The second-order valence-corrected chi connectivity index (χ2v) is 5.17. The van der Waals surface area contributed by atoms with E-state index in [9.17, 15) is 5.11 Å². The zero-order chi connectivity index (χ0) is 19.1. The summed E-state index contributed by atoms with van der Waals surface area (Å²) in [6.45, 7) is 1.59. The van der Waals surface area contributed by atoms with E-state index in [0.29, 0.717) is 16.9 Å². The third kappa shape index (κ3) is 4.23. The van der Waals surface area contributed by atoms with Crippen molar-refractivity contribution in [3.8, 4) is 0 Å². The van der Waals surface area contributed by atoms with Crippen molar-refractivity contribution in [3.63, 3.8) is 0 Å². The number of benzene rings is 1. The molecule has 0 saturated carbocycles. The van der Waals surface area contributed by atoms with E-state index in [0.717, 1.165) is 12.5 Å². The molecule has 0 atom stereocenters. The molecule has 0 aliphatic carbocycles. The predicted octanol–water partition coefficient (Wildman–Crippen LogP) is 3.89. The summed E-state index contributed by atoms with van der Waals surface area (Å²) < 4.78 is 10.6. The number of oxazole rings is 1. The number of allylic oxidation sites excluding steroid dienone is 4. The number of ether oxygens (including phenoxy) is 1. The molecule has 0 bridgehead atoms. The minimum atomic E-state index is -0.146. The lowest BCUT2D eigenvalue weighted by Crippen LogP contribution is -1.96. The third-order valence-corrected chi connectivity index (χ3v) is 3.51. The van der Waals surface area contributed by atoms with Crippen LogP contribution in [0.25, 0.3) is 5.57 Å². The van der Waals surface area contributed by atoms with Gasteiger partial charge in [0, 0.05) is 23.2 Å². The lowest BCUT2D eigenvalue weighted by atomic mass is 10.1. The molecule has 1 aromatic carbocycles. The summed E-state index contributed by atoms with van der Waals surface area (Å²) in [6, 6.07) is 5.26. The molecule has 1 heterocycles. The number of nitrogen functional groups attached to an aromatic ring is 1. The molecule has 2 aromatic rings. The molecule has 0 saturated heterocycles. The van der Waals surface area contributed by atoms with Gasteiger partial charge in [-0.05, 0) is 37.3 Å². The third-order valence-electron chi connectivity index (χ3n) is 3.51. The van der Waals surface area contributed by atoms with Gasteiger partial charge in [0.25, 0.3) is 6.01 Å². The number of hydrogen-bond donors (Lipinski definition) is 5. The Morgan fingerprint density at radius 3 is 2.85 bits per heavy atom. The minimum absolute atomic E-state index is 0.146. The number of nitrogens with two attached hydrogens (primary N) is 1. The second-order valence-electron chi connectivity index (χ2n) is 5.17. The van der Waals surface area contributed by atoms with Gasteiger partial charge in [0.15, 0.2) is 11.5 Å². The topological polar surface area (TPSA) is 138 Å². The minimum Gasteiger partial charge on any atom is -0.516 e. The van der Waals surface area contributed by atoms with Gasteiger partial charge in [-0.15, -0.1) is 0 Å². The van der Waals surface area contributed by atoms with Crippen molar-refractivity contribution >= 4 is 29.2 Å². The zero-order valence-corrected chi connectivity index (χ0v) is 14.4. The van der Waals surface area contributed by atoms with Crippen molar-refractivity contribution in [3.05, 3.63) is 65.7 Å². The van der Waals surface area contributed by atoms with E-state index >= 15 is 0 Å². The first-order chi connectivity index (χ1) is 12.5. The molecule has 1 aromatic heterocycles. The monoisotopic (exact) mass is 356 g/mol. The Kier molecular flexibility index (Phi) is 6.05. The SMILES string of the molecule is CO/C(C)=C(O)/C(=C\C=C\O)c1cnc(Nc2ccc(N)c(C=N)c2)o1. The maximum atomic E-state index is 10.3. The normalized spacial score (nSPS) is 12.8. The van der Waals surface area contributed by atoms with Crippen LogP contribution in [0.3, 0.4) is 0 Å². The summed E-state index contributed by atoms with van der Waals surface area (Å²) in [6.07, 6.45) is 6.20. The molecular weight excluding hydrogens is 336 g/mol. The number of rotatable bonds is 7. The maximum absolute atomic E-state index is 10.3. The van der Waals surface area contributed by atoms with Crippen LogP contribution >= 0.6 is 0 Å². The highest BCUT2D eigenvalue weighted by Gasteiger charge is 2.16. The van der Waals surface area contributed by atoms with Gasteiger partial charge >= 0.3 is 0 Å². The van der Waals surface area contributed by atoms with Crippen molar-refractivity contribution < 1.29 is 19.4 Å². The van der Waals surface area contributed by atoms with Gasteiger partial charge in [-0.3, -0.25) is 0 Å². The highest BCUT2D eigenvalue weighted by Crippen LogP contribution is 2.28. The van der Waals surface area contributed by atoms with E-state index in [1.807, 2.05) is 0 Å². The smallest absolute Gasteiger partial charge is 0.299 e. The zero-order valence-electron chi connectivity index (χ0n) is 14.4. The lowest BCUT2D eigenvalue weighted by molar-refractivity contribution is 0.263. The number of aliphatic hydroxyl groups is 2. The summed E-state index contributed by atoms with van der Waals surface area (Å²) in [4.78, 5) is 4.12. The fraction of sp³-hybridized carbons (Fsp3) is 0.111. The van der Waals surface area contributed by atoms with Crippen molar-refractivity contribution in [2.24, 2.45) is 0 Å². The number of anilines is 3. The average Bonchev–Trinajstić information content (AvgIpc) is 3.10. The van der Waals surface area contributed by atoms with Gasteiger partial charge in [-0.25, -0.2) is 4.98 Å². The number of hydrogen-bond acceptors (Lipinski definition) is 8. The molecular formula is C18H20N4O4. The fourth-order valence-electron chi connectivity index (χ4n) is 2.06. The second kappa shape index (κ2) is 8.43. The maximum Gasteiger partial charge on any atom is 0.299 e. The molecule has 0 unspecified atom stereocenters. The lowest BCUT2D eigenvalue weighted by Gasteiger charge is -2.07. The first-order valence-electron chi connectivity index (χ1n) is 7.58. The Labute approximate surface area is 150 Å². The van der Waals surface area contributed by atoms with Crippen LogP contribution < -0.4 is 11.1 Å². The average molecular weight is 356 g/mol. The van der Waals surface area contributed by atoms with Crippen LogP contribution in [-0.2, 0) is 4.74 Å². The van der Waals surface area contributed by atoms with Crippen LogP contribution in [0.5, 0.6) is 0 Å². The van der Waals surface area contributed by atoms with Crippen LogP contribution in [-0.4, -0.2) is 28.5 Å². The van der Waals surface area contributed by atoms with Crippen molar-refractivity contribution in [1.82, 2.24) is 4.98 Å². The number of methoxy groups -OCH3 is 1. The molecule has 0 spiro atoms. The van der Waals surface area contributed by atoms with Gasteiger partial charge in [-0.2, -0.15) is 0 Å². The summed E-state index contributed by atoms with van der Waals surface area (Å²) in [5.74, 6) is 0.400. The molecule has 2 rings (SSSR count). The van der Waals surface area contributed by atoms with Crippen LogP contribution in [0, 0.1) is 5.41 Å². The standard InChI is InChI=1S/C18H20N4O4/c1-11(25-2)17(24)14(4-3-7-23)16-10-21-18(26-16)22-13-5-6-15(20)12(8-13)9-19/h3-10,19,23-24H,20H2,1-2H3,(H,21,22)/b7-3+,14-4-,17-11-,19-9?. The van der Waals surface area contributed by atoms with E-state index in [1.165, 1.54) is 25.5 Å². The van der Waals surface area contributed by atoms with E-state index in [1.54, 1.807) is 25.1 Å². The first-order valence-corrected chi connectivity index (χ1v) is 7.58. The van der Waals surface area contributed by atoms with Crippen molar-refractivity contribution in [2.75, 3.05) is 18.2 Å². The molecule has 0 radical (unpaired) electrons. The highest BCUT2D eigenvalue weighted by molar-refractivity contribution is 5.87. The largest absolute Gasteiger partial charge is 0.516 e. The van der Waals surface area contributed by atoms with Crippen LogP contribution in [0.2, 0.25) is 0 Å². The van der Waals surface area contributed by atoms with E-state index in [4.69, 9.17) is 25.4 Å². The predicted molar refractivity (Wildman–Crippen MR) is 101 cm³/mol.